The van der Waals surface area contributed by atoms with Gasteiger partial charge in [0.2, 0.25) is 10.0 Å². The smallest absolute Gasteiger partial charge is 0.243 e. The number of rotatable bonds is 6. The van der Waals surface area contributed by atoms with Gasteiger partial charge in [0.1, 0.15) is 5.75 Å². The van der Waals surface area contributed by atoms with E-state index in [0.717, 1.165) is 10.0 Å². The average molecular weight is 513 g/mol. The minimum Gasteiger partial charge on any atom is -0.496 e. The van der Waals surface area contributed by atoms with Crippen LogP contribution in [0, 0.1) is 0 Å². The van der Waals surface area contributed by atoms with Gasteiger partial charge in [-0.3, -0.25) is 5.43 Å². The average Bonchev–Trinajstić information content (AvgIpc) is 2.75. The van der Waals surface area contributed by atoms with E-state index < -0.39 is 10.0 Å². The molecule has 30 heavy (non-hydrogen) atoms. The Morgan fingerprint density at radius 3 is 2.60 bits per heavy atom. The van der Waals surface area contributed by atoms with Crippen LogP contribution in [0.2, 0.25) is 0 Å². The monoisotopic (exact) mass is 512 g/mol. The van der Waals surface area contributed by atoms with Crippen molar-refractivity contribution in [1.29, 1.82) is 0 Å². The molecule has 160 valence electrons. The maximum absolute atomic E-state index is 12.7. The second kappa shape index (κ2) is 10.3. The van der Waals surface area contributed by atoms with Crippen molar-refractivity contribution < 1.29 is 17.9 Å². The zero-order valence-electron chi connectivity index (χ0n) is 16.2. The van der Waals surface area contributed by atoms with Crippen LogP contribution in [0.3, 0.4) is 0 Å². The predicted molar refractivity (Wildman–Crippen MR) is 124 cm³/mol. The SMILES string of the molecule is COc1ccc(Br)cc1/C=N\NC(=S)Nc1ccc(S(=O)(=O)N2CCOCC2)cc1. The predicted octanol–water partition coefficient (Wildman–Crippen LogP) is 2.80. The molecule has 2 aromatic rings. The van der Waals surface area contributed by atoms with Crippen molar-refractivity contribution >= 4 is 55.2 Å². The standard InChI is InChI=1S/C19H21BrN4O4S2/c1-27-18-7-2-15(20)12-14(18)13-21-23-19(29)22-16-3-5-17(6-4-16)30(25,26)24-8-10-28-11-9-24/h2-7,12-13H,8-11H2,1H3,(H2,22,23,29)/b21-13-. The number of hydrazone groups is 1. The second-order valence-electron chi connectivity index (χ2n) is 6.25. The molecule has 0 saturated carbocycles. The molecule has 8 nitrogen and oxygen atoms in total. The van der Waals surface area contributed by atoms with Crippen molar-refractivity contribution in [3.63, 3.8) is 0 Å². The molecule has 1 aliphatic rings. The van der Waals surface area contributed by atoms with Gasteiger partial charge in [0.25, 0.3) is 0 Å². The van der Waals surface area contributed by atoms with E-state index in [1.807, 2.05) is 18.2 Å². The van der Waals surface area contributed by atoms with Crippen LogP contribution >= 0.6 is 28.1 Å². The number of hydrogen-bond donors (Lipinski definition) is 2. The van der Waals surface area contributed by atoms with E-state index in [4.69, 9.17) is 21.7 Å². The summed E-state index contributed by atoms with van der Waals surface area (Å²) in [6, 6.07) is 12.0. The van der Waals surface area contributed by atoms with Crippen LogP contribution in [0.1, 0.15) is 5.56 Å². The Labute approximate surface area is 189 Å². The lowest BCUT2D eigenvalue weighted by molar-refractivity contribution is 0.0730. The Morgan fingerprint density at radius 1 is 1.23 bits per heavy atom. The fourth-order valence-electron chi connectivity index (χ4n) is 2.77. The minimum atomic E-state index is -3.52. The van der Waals surface area contributed by atoms with E-state index in [1.165, 1.54) is 4.31 Å². The van der Waals surface area contributed by atoms with E-state index >= 15 is 0 Å². The number of thiocarbonyl (C=S) groups is 1. The maximum atomic E-state index is 12.7. The van der Waals surface area contributed by atoms with Crippen molar-refractivity contribution in [2.45, 2.75) is 4.90 Å². The number of anilines is 1. The molecule has 0 aliphatic carbocycles. The van der Waals surface area contributed by atoms with Gasteiger partial charge in [-0.15, -0.1) is 0 Å². The third-order valence-corrected chi connectivity index (χ3v) is 6.88. The molecule has 1 saturated heterocycles. The summed E-state index contributed by atoms with van der Waals surface area (Å²) < 4.78 is 38.1. The number of nitrogens with one attached hydrogen (secondary N) is 2. The first-order valence-corrected chi connectivity index (χ1v) is 11.7. The van der Waals surface area contributed by atoms with Gasteiger partial charge < -0.3 is 14.8 Å². The summed E-state index contributed by atoms with van der Waals surface area (Å²) >= 11 is 8.64. The molecule has 0 unspecified atom stereocenters. The Bertz CT molecular complexity index is 1020. The summed E-state index contributed by atoms with van der Waals surface area (Å²) in [7, 11) is -1.94. The summed E-state index contributed by atoms with van der Waals surface area (Å²) in [6.45, 7) is 1.53. The first kappa shape index (κ1) is 22.6. The Kier molecular flexibility index (Phi) is 7.78. The fraction of sp³-hybridized carbons (Fsp3) is 0.263. The lowest BCUT2D eigenvalue weighted by Gasteiger charge is -2.26. The number of halogens is 1. The molecule has 2 aromatic carbocycles. The summed E-state index contributed by atoms with van der Waals surface area (Å²) in [5.41, 5.74) is 4.15. The highest BCUT2D eigenvalue weighted by atomic mass is 79.9. The molecular formula is C19H21BrN4O4S2. The molecule has 0 amide bonds. The number of benzene rings is 2. The fourth-order valence-corrected chi connectivity index (χ4v) is 4.73. The molecule has 1 fully saturated rings. The first-order valence-electron chi connectivity index (χ1n) is 9.02. The second-order valence-corrected chi connectivity index (χ2v) is 9.51. The van der Waals surface area contributed by atoms with Crippen LogP contribution in [0.5, 0.6) is 5.75 Å². The van der Waals surface area contributed by atoms with Crippen LogP contribution in [-0.2, 0) is 14.8 Å². The highest BCUT2D eigenvalue weighted by Crippen LogP contribution is 2.21. The van der Waals surface area contributed by atoms with Crippen molar-refractivity contribution in [3.8, 4) is 5.75 Å². The molecule has 11 heteroatoms. The number of morpholine rings is 1. The molecule has 0 spiro atoms. The van der Waals surface area contributed by atoms with Crippen molar-refractivity contribution in [3.05, 3.63) is 52.5 Å². The van der Waals surface area contributed by atoms with Crippen LogP contribution in [-0.4, -0.2) is 57.5 Å². The maximum Gasteiger partial charge on any atom is 0.243 e. The van der Waals surface area contributed by atoms with Crippen LogP contribution in [0.15, 0.2) is 56.9 Å². The van der Waals surface area contributed by atoms with Crippen LogP contribution in [0.4, 0.5) is 5.69 Å². The number of hydrogen-bond acceptors (Lipinski definition) is 6. The lowest BCUT2D eigenvalue weighted by atomic mass is 10.2. The van der Waals surface area contributed by atoms with Crippen molar-refractivity contribution in [1.82, 2.24) is 9.73 Å². The highest BCUT2D eigenvalue weighted by molar-refractivity contribution is 9.10. The number of nitrogens with zero attached hydrogens (tertiary/aromatic N) is 2. The van der Waals surface area contributed by atoms with Gasteiger partial charge in [0.15, 0.2) is 5.11 Å². The molecule has 3 rings (SSSR count). The number of ether oxygens (including phenoxy) is 2. The first-order chi connectivity index (χ1) is 14.4. The minimum absolute atomic E-state index is 0.230. The Hall–Kier alpha value is -2.05. The van der Waals surface area contributed by atoms with Crippen molar-refractivity contribution in [2.75, 3.05) is 38.7 Å². The summed E-state index contributed by atoms with van der Waals surface area (Å²) in [6.07, 6.45) is 1.59. The Balaban J connectivity index is 1.59. The molecule has 1 heterocycles. The normalized spacial score (nSPS) is 15.1. The van der Waals surface area contributed by atoms with Gasteiger partial charge in [0, 0.05) is 28.8 Å². The Morgan fingerprint density at radius 2 is 1.93 bits per heavy atom. The lowest BCUT2D eigenvalue weighted by Crippen LogP contribution is -2.40. The largest absolute Gasteiger partial charge is 0.496 e. The molecular weight excluding hydrogens is 492 g/mol. The van der Waals surface area contributed by atoms with E-state index in [9.17, 15) is 8.42 Å². The summed E-state index contributed by atoms with van der Waals surface area (Å²) in [5.74, 6) is 0.680. The number of sulfonamides is 1. The number of methoxy groups -OCH3 is 1. The van der Waals surface area contributed by atoms with Gasteiger partial charge in [-0.05, 0) is 54.7 Å². The van der Waals surface area contributed by atoms with Gasteiger partial charge in [-0.1, -0.05) is 15.9 Å². The molecule has 0 bridgehead atoms. The van der Waals surface area contributed by atoms with Gasteiger partial charge in [-0.25, -0.2) is 8.42 Å². The van der Waals surface area contributed by atoms with Gasteiger partial charge in [-0.2, -0.15) is 9.41 Å². The van der Waals surface area contributed by atoms with E-state index in [1.54, 1.807) is 37.6 Å². The van der Waals surface area contributed by atoms with Crippen LogP contribution in [0.25, 0.3) is 0 Å². The highest BCUT2D eigenvalue weighted by Gasteiger charge is 2.26. The third kappa shape index (κ3) is 5.76. The molecule has 1 aliphatic heterocycles. The van der Waals surface area contributed by atoms with E-state index in [-0.39, 0.29) is 10.0 Å². The molecule has 0 atom stereocenters. The van der Waals surface area contributed by atoms with Crippen LogP contribution < -0.4 is 15.5 Å². The third-order valence-electron chi connectivity index (χ3n) is 4.28. The molecule has 0 radical (unpaired) electrons. The zero-order chi connectivity index (χ0) is 21.6. The van der Waals surface area contributed by atoms with Gasteiger partial charge in [0.05, 0.1) is 31.4 Å². The van der Waals surface area contributed by atoms with E-state index in [2.05, 4.69) is 31.8 Å². The summed E-state index contributed by atoms with van der Waals surface area (Å²) in [4.78, 5) is 0.230. The van der Waals surface area contributed by atoms with Crippen molar-refractivity contribution in [2.24, 2.45) is 5.10 Å². The molecule has 2 N–H and O–H groups in total. The molecule has 0 aromatic heterocycles. The van der Waals surface area contributed by atoms with Gasteiger partial charge >= 0.3 is 0 Å². The summed E-state index contributed by atoms with van der Waals surface area (Å²) in [5, 5.41) is 7.34. The zero-order valence-corrected chi connectivity index (χ0v) is 19.4. The topological polar surface area (TPSA) is 92.3 Å². The quantitative estimate of drug-likeness (QED) is 0.349. The van der Waals surface area contributed by atoms with E-state index in [0.29, 0.717) is 37.7 Å².